The van der Waals surface area contributed by atoms with Crippen molar-refractivity contribution in [2.75, 3.05) is 13.1 Å². The van der Waals surface area contributed by atoms with Gasteiger partial charge < -0.3 is 10.1 Å². The number of benzene rings is 1. The molecule has 2 aromatic rings. The van der Waals surface area contributed by atoms with Crippen LogP contribution < -0.4 is 10.1 Å². The number of fused-ring (bicyclic) bond motifs is 1. The first-order valence-electron chi connectivity index (χ1n) is 5.63. The van der Waals surface area contributed by atoms with Crippen LogP contribution in [0, 0.1) is 0 Å². The molecule has 0 aliphatic carbocycles. The van der Waals surface area contributed by atoms with Crippen LogP contribution in [0.1, 0.15) is 12.8 Å². The largest absolute Gasteiger partial charge is 0.488 e. The molecule has 0 bridgehead atoms. The summed E-state index contributed by atoms with van der Waals surface area (Å²) in [6.45, 7) is 2.07. The molecule has 4 heteroatoms. The zero-order valence-electron chi connectivity index (χ0n) is 8.98. The van der Waals surface area contributed by atoms with Gasteiger partial charge in [-0.15, -0.1) is 11.3 Å². The summed E-state index contributed by atoms with van der Waals surface area (Å²) in [6.07, 6.45) is 2.65. The predicted molar refractivity (Wildman–Crippen MR) is 66.1 cm³/mol. The topological polar surface area (TPSA) is 34.1 Å². The number of aromatic nitrogens is 1. The average Bonchev–Trinajstić information content (AvgIpc) is 2.80. The van der Waals surface area contributed by atoms with E-state index in [0.29, 0.717) is 6.10 Å². The van der Waals surface area contributed by atoms with Crippen LogP contribution >= 0.6 is 11.3 Å². The molecule has 1 aliphatic heterocycles. The Morgan fingerprint density at radius 2 is 2.44 bits per heavy atom. The van der Waals surface area contributed by atoms with Crippen molar-refractivity contribution in [2.24, 2.45) is 0 Å². The maximum atomic E-state index is 6.03. The van der Waals surface area contributed by atoms with Crippen molar-refractivity contribution in [1.29, 1.82) is 0 Å². The van der Waals surface area contributed by atoms with Crippen LogP contribution in [0.3, 0.4) is 0 Å². The quantitative estimate of drug-likeness (QED) is 0.866. The van der Waals surface area contributed by atoms with E-state index >= 15 is 0 Å². The molecule has 1 N–H and O–H groups in total. The maximum Gasteiger partial charge on any atom is 0.139 e. The number of hydrogen-bond acceptors (Lipinski definition) is 4. The van der Waals surface area contributed by atoms with E-state index in [1.165, 1.54) is 6.42 Å². The summed E-state index contributed by atoms with van der Waals surface area (Å²) < 4.78 is 7.20. The Hall–Kier alpha value is -1.13. The monoisotopic (exact) mass is 234 g/mol. The molecule has 1 saturated heterocycles. The molecule has 2 heterocycles. The van der Waals surface area contributed by atoms with Gasteiger partial charge in [0.25, 0.3) is 0 Å². The standard InChI is InChI=1S/C12H14N2OS/c1-4-10-12(16-8-14-10)11(5-1)15-9-3-2-6-13-7-9/h1,4-5,8-9,13H,2-3,6-7H2. The van der Waals surface area contributed by atoms with Crippen LogP contribution in [0.4, 0.5) is 0 Å². The summed E-state index contributed by atoms with van der Waals surface area (Å²) in [7, 11) is 0. The average molecular weight is 234 g/mol. The third-order valence-corrected chi connectivity index (χ3v) is 3.72. The lowest BCUT2D eigenvalue weighted by atomic mass is 10.1. The Morgan fingerprint density at radius 1 is 1.44 bits per heavy atom. The minimum atomic E-state index is 0.307. The molecule has 1 unspecified atom stereocenters. The Morgan fingerprint density at radius 3 is 3.31 bits per heavy atom. The number of thiazole rings is 1. The first kappa shape index (κ1) is 10.1. The molecule has 1 aromatic carbocycles. The van der Waals surface area contributed by atoms with Gasteiger partial charge in [-0.1, -0.05) is 6.07 Å². The third kappa shape index (κ3) is 1.90. The summed E-state index contributed by atoms with van der Waals surface area (Å²) in [5.74, 6) is 0.980. The fraction of sp³-hybridized carbons (Fsp3) is 0.417. The molecule has 84 valence electrons. The van der Waals surface area contributed by atoms with Gasteiger partial charge in [-0.05, 0) is 31.5 Å². The molecule has 1 aliphatic rings. The summed E-state index contributed by atoms with van der Waals surface area (Å²) in [5.41, 5.74) is 2.91. The molecule has 1 aromatic heterocycles. The van der Waals surface area contributed by atoms with E-state index in [1.807, 2.05) is 23.7 Å². The third-order valence-electron chi connectivity index (χ3n) is 2.87. The van der Waals surface area contributed by atoms with Gasteiger partial charge in [0.2, 0.25) is 0 Å². The van der Waals surface area contributed by atoms with Gasteiger partial charge in [0.15, 0.2) is 0 Å². The van der Waals surface area contributed by atoms with Gasteiger partial charge in [-0.2, -0.15) is 0 Å². The predicted octanol–water partition coefficient (Wildman–Crippen LogP) is 2.43. The number of piperidine rings is 1. The minimum Gasteiger partial charge on any atom is -0.488 e. The Labute approximate surface area is 98.5 Å². The van der Waals surface area contributed by atoms with E-state index in [0.717, 1.165) is 35.5 Å². The van der Waals surface area contributed by atoms with Gasteiger partial charge in [0.1, 0.15) is 11.9 Å². The lowest BCUT2D eigenvalue weighted by Crippen LogP contribution is -2.37. The summed E-state index contributed by atoms with van der Waals surface area (Å²) >= 11 is 1.65. The number of nitrogens with one attached hydrogen (secondary N) is 1. The molecule has 3 rings (SSSR count). The van der Waals surface area contributed by atoms with Gasteiger partial charge in [0.05, 0.1) is 15.7 Å². The highest BCUT2D eigenvalue weighted by Gasteiger charge is 2.15. The highest BCUT2D eigenvalue weighted by Crippen LogP contribution is 2.29. The first-order valence-corrected chi connectivity index (χ1v) is 6.51. The molecular formula is C12H14N2OS. The van der Waals surface area contributed by atoms with Crippen LogP contribution in [0.25, 0.3) is 10.2 Å². The minimum absolute atomic E-state index is 0.307. The van der Waals surface area contributed by atoms with Gasteiger partial charge in [0, 0.05) is 6.54 Å². The zero-order valence-corrected chi connectivity index (χ0v) is 9.80. The summed E-state index contributed by atoms with van der Waals surface area (Å²) in [4.78, 5) is 4.30. The zero-order chi connectivity index (χ0) is 10.8. The van der Waals surface area contributed by atoms with E-state index in [-0.39, 0.29) is 0 Å². The Bertz CT molecular complexity index is 477. The smallest absolute Gasteiger partial charge is 0.139 e. The lowest BCUT2D eigenvalue weighted by molar-refractivity contribution is 0.169. The first-order chi connectivity index (χ1) is 7.93. The summed E-state index contributed by atoms with van der Waals surface area (Å²) in [6, 6.07) is 6.07. The van der Waals surface area contributed by atoms with Crippen LogP contribution in [0.15, 0.2) is 23.7 Å². The van der Waals surface area contributed by atoms with Crippen LogP contribution in [0.5, 0.6) is 5.75 Å². The number of nitrogens with zero attached hydrogens (tertiary/aromatic N) is 1. The van der Waals surface area contributed by atoms with Crippen molar-refractivity contribution < 1.29 is 4.74 Å². The van der Waals surface area contributed by atoms with Crippen molar-refractivity contribution >= 4 is 21.6 Å². The second-order valence-corrected chi connectivity index (χ2v) is 4.90. The molecule has 0 saturated carbocycles. The number of ether oxygens (including phenoxy) is 1. The van der Waals surface area contributed by atoms with Crippen molar-refractivity contribution in [3.05, 3.63) is 23.7 Å². The molecule has 0 spiro atoms. The van der Waals surface area contributed by atoms with Gasteiger partial charge >= 0.3 is 0 Å². The molecule has 3 nitrogen and oxygen atoms in total. The maximum absolute atomic E-state index is 6.03. The van der Waals surface area contributed by atoms with E-state index in [9.17, 15) is 0 Å². The molecular weight excluding hydrogens is 220 g/mol. The van der Waals surface area contributed by atoms with Crippen molar-refractivity contribution in [3.63, 3.8) is 0 Å². The highest BCUT2D eigenvalue weighted by atomic mass is 32.1. The molecule has 16 heavy (non-hydrogen) atoms. The molecule has 1 atom stereocenters. The molecule has 0 radical (unpaired) electrons. The van der Waals surface area contributed by atoms with Crippen LogP contribution in [-0.2, 0) is 0 Å². The highest BCUT2D eigenvalue weighted by molar-refractivity contribution is 7.17. The van der Waals surface area contributed by atoms with Crippen LogP contribution in [-0.4, -0.2) is 24.2 Å². The Kier molecular flexibility index (Phi) is 2.76. The second kappa shape index (κ2) is 4.39. The van der Waals surface area contributed by atoms with E-state index in [4.69, 9.17) is 4.74 Å². The van der Waals surface area contributed by atoms with Crippen LogP contribution in [0.2, 0.25) is 0 Å². The van der Waals surface area contributed by atoms with E-state index in [1.54, 1.807) is 11.3 Å². The lowest BCUT2D eigenvalue weighted by Gasteiger charge is -2.24. The fourth-order valence-electron chi connectivity index (χ4n) is 2.05. The van der Waals surface area contributed by atoms with Crippen molar-refractivity contribution in [3.8, 4) is 5.75 Å². The summed E-state index contributed by atoms with van der Waals surface area (Å²) in [5, 5.41) is 3.36. The van der Waals surface area contributed by atoms with Crippen molar-refractivity contribution in [2.45, 2.75) is 18.9 Å². The number of rotatable bonds is 2. The Balaban J connectivity index is 1.85. The SMILES string of the molecule is c1cc(OC2CCCNC2)c2scnc2c1. The van der Waals surface area contributed by atoms with E-state index < -0.39 is 0 Å². The molecule has 0 amide bonds. The normalized spacial score (nSPS) is 21.1. The van der Waals surface area contributed by atoms with Crippen molar-refractivity contribution in [1.82, 2.24) is 10.3 Å². The van der Waals surface area contributed by atoms with E-state index in [2.05, 4.69) is 10.3 Å². The number of hydrogen-bond donors (Lipinski definition) is 1. The van der Waals surface area contributed by atoms with Gasteiger partial charge in [-0.3, -0.25) is 0 Å². The fourth-order valence-corrected chi connectivity index (χ4v) is 2.80. The van der Waals surface area contributed by atoms with Gasteiger partial charge in [-0.25, -0.2) is 4.98 Å². The molecule has 1 fully saturated rings. The second-order valence-electron chi connectivity index (χ2n) is 4.04.